The van der Waals surface area contributed by atoms with Crippen molar-refractivity contribution in [2.45, 2.75) is 19.4 Å². The van der Waals surface area contributed by atoms with Gasteiger partial charge in [0.2, 0.25) is 0 Å². The van der Waals surface area contributed by atoms with Crippen LogP contribution in [0.4, 0.5) is 5.69 Å². The predicted molar refractivity (Wildman–Crippen MR) is 67.9 cm³/mol. The fourth-order valence-corrected chi connectivity index (χ4v) is 1.72. The number of aliphatic hydroxyl groups is 1. The van der Waals surface area contributed by atoms with Gasteiger partial charge in [0.15, 0.2) is 0 Å². The molecule has 1 aromatic heterocycles. The third kappa shape index (κ3) is 3.64. The number of benzene rings is 1. The van der Waals surface area contributed by atoms with Gasteiger partial charge in [-0.3, -0.25) is 0 Å². The fraction of sp³-hybridized carbons (Fsp3) is 0.286. The van der Waals surface area contributed by atoms with Crippen LogP contribution in [0.5, 0.6) is 0 Å². The second-order valence-electron chi connectivity index (χ2n) is 4.01. The molecule has 0 saturated heterocycles. The van der Waals surface area contributed by atoms with E-state index < -0.39 is 0 Å². The molecule has 90 valence electrons. The highest BCUT2D eigenvalue weighted by molar-refractivity contribution is 5.46. The Bertz CT molecular complexity index is 437. The van der Waals surface area contributed by atoms with E-state index in [0.29, 0.717) is 0 Å². The first-order chi connectivity index (χ1) is 8.38. The van der Waals surface area contributed by atoms with Gasteiger partial charge in [-0.2, -0.15) is 0 Å². The second-order valence-corrected chi connectivity index (χ2v) is 4.01. The normalized spacial score (nSPS) is 10.4. The lowest BCUT2D eigenvalue weighted by Gasteiger charge is -2.07. The van der Waals surface area contributed by atoms with Gasteiger partial charge >= 0.3 is 0 Å². The molecule has 0 unspecified atom stereocenters. The van der Waals surface area contributed by atoms with Crippen LogP contribution in [-0.2, 0) is 13.0 Å². The third-order valence-electron chi connectivity index (χ3n) is 2.63. The first-order valence-electron chi connectivity index (χ1n) is 5.83. The van der Waals surface area contributed by atoms with Gasteiger partial charge < -0.3 is 14.8 Å². The van der Waals surface area contributed by atoms with Crippen LogP contribution < -0.4 is 5.32 Å². The number of anilines is 1. The lowest BCUT2D eigenvalue weighted by Crippen LogP contribution is -1.99. The third-order valence-corrected chi connectivity index (χ3v) is 2.63. The molecule has 3 heteroatoms. The number of furan rings is 1. The van der Waals surface area contributed by atoms with E-state index in [0.717, 1.165) is 30.6 Å². The molecule has 2 aromatic rings. The lowest BCUT2D eigenvalue weighted by atomic mass is 10.1. The van der Waals surface area contributed by atoms with Crippen molar-refractivity contribution in [1.29, 1.82) is 0 Å². The zero-order valence-corrected chi connectivity index (χ0v) is 9.73. The van der Waals surface area contributed by atoms with Crippen LogP contribution in [0.2, 0.25) is 0 Å². The van der Waals surface area contributed by atoms with Crippen molar-refractivity contribution in [2.75, 3.05) is 11.9 Å². The average Bonchev–Trinajstić information content (AvgIpc) is 2.87. The summed E-state index contributed by atoms with van der Waals surface area (Å²) in [4.78, 5) is 0. The molecule has 0 atom stereocenters. The van der Waals surface area contributed by atoms with Gasteiger partial charge in [-0.15, -0.1) is 0 Å². The Balaban J connectivity index is 1.91. The monoisotopic (exact) mass is 231 g/mol. The largest absolute Gasteiger partial charge is 0.472 e. The molecule has 0 spiro atoms. The maximum atomic E-state index is 8.80. The summed E-state index contributed by atoms with van der Waals surface area (Å²) in [5, 5.41) is 12.1. The number of aryl methyl sites for hydroxylation is 1. The van der Waals surface area contributed by atoms with E-state index in [2.05, 4.69) is 17.4 Å². The summed E-state index contributed by atoms with van der Waals surface area (Å²) >= 11 is 0. The molecule has 0 bridgehead atoms. The summed E-state index contributed by atoms with van der Waals surface area (Å²) in [6, 6.07) is 10.2. The summed E-state index contributed by atoms with van der Waals surface area (Å²) in [6.07, 6.45) is 5.14. The van der Waals surface area contributed by atoms with E-state index in [4.69, 9.17) is 9.52 Å². The van der Waals surface area contributed by atoms with E-state index in [9.17, 15) is 0 Å². The molecule has 0 aliphatic rings. The number of aliphatic hydroxyl groups excluding tert-OH is 1. The van der Waals surface area contributed by atoms with Crippen LogP contribution in [0.25, 0.3) is 0 Å². The van der Waals surface area contributed by atoms with Crippen molar-refractivity contribution in [3.05, 3.63) is 54.0 Å². The van der Waals surface area contributed by atoms with Crippen molar-refractivity contribution < 1.29 is 9.52 Å². The minimum Gasteiger partial charge on any atom is -0.472 e. The maximum Gasteiger partial charge on any atom is 0.0952 e. The van der Waals surface area contributed by atoms with Crippen molar-refractivity contribution in [2.24, 2.45) is 0 Å². The topological polar surface area (TPSA) is 45.4 Å². The number of hydrogen-bond donors (Lipinski definition) is 2. The molecule has 3 nitrogen and oxygen atoms in total. The standard InChI is InChI=1S/C14H17NO2/c16-7-2-4-12-3-1-5-14(9-12)15-10-13-6-8-17-11-13/h1,3,5-6,8-9,11,15-16H,2,4,7,10H2. The van der Waals surface area contributed by atoms with Gasteiger partial charge in [0.1, 0.15) is 0 Å². The number of hydrogen-bond acceptors (Lipinski definition) is 3. The van der Waals surface area contributed by atoms with E-state index in [-0.39, 0.29) is 6.61 Å². The van der Waals surface area contributed by atoms with Crippen molar-refractivity contribution in [3.8, 4) is 0 Å². The van der Waals surface area contributed by atoms with E-state index in [1.165, 1.54) is 5.56 Å². The molecule has 2 rings (SSSR count). The highest BCUT2D eigenvalue weighted by Crippen LogP contribution is 2.13. The summed E-state index contributed by atoms with van der Waals surface area (Å²) in [5.74, 6) is 0. The van der Waals surface area contributed by atoms with Gasteiger partial charge in [-0.1, -0.05) is 12.1 Å². The van der Waals surface area contributed by atoms with Crippen LogP contribution in [-0.4, -0.2) is 11.7 Å². The highest BCUT2D eigenvalue weighted by atomic mass is 16.3. The Kier molecular flexibility index (Phi) is 4.22. The Morgan fingerprint density at radius 3 is 2.88 bits per heavy atom. The summed E-state index contributed by atoms with van der Waals surface area (Å²) in [5.41, 5.74) is 3.48. The first-order valence-corrected chi connectivity index (χ1v) is 5.83. The average molecular weight is 231 g/mol. The smallest absolute Gasteiger partial charge is 0.0952 e. The van der Waals surface area contributed by atoms with Crippen LogP contribution in [0.3, 0.4) is 0 Å². The maximum absolute atomic E-state index is 8.80. The van der Waals surface area contributed by atoms with Gasteiger partial charge in [-0.25, -0.2) is 0 Å². The highest BCUT2D eigenvalue weighted by Gasteiger charge is 1.97. The van der Waals surface area contributed by atoms with E-state index in [1.54, 1.807) is 12.5 Å². The predicted octanol–water partition coefficient (Wildman–Crippen LogP) is 2.82. The Labute approximate surface area is 101 Å². The van der Waals surface area contributed by atoms with Gasteiger partial charge in [0.05, 0.1) is 12.5 Å². The molecule has 0 fully saturated rings. The minimum absolute atomic E-state index is 0.243. The van der Waals surface area contributed by atoms with Crippen LogP contribution in [0.1, 0.15) is 17.5 Å². The Hall–Kier alpha value is -1.74. The van der Waals surface area contributed by atoms with E-state index >= 15 is 0 Å². The molecular weight excluding hydrogens is 214 g/mol. The molecule has 1 heterocycles. The van der Waals surface area contributed by atoms with Crippen LogP contribution in [0, 0.1) is 0 Å². The van der Waals surface area contributed by atoms with Gasteiger partial charge in [-0.05, 0) is 36.6 Å². The number of rotatable bonds is 6. The molecule has 0 aliphatic carbocycles. The molecule has 2 N–H and O–H groups in total. The number of nitrogens with one attached hydrogen (secondary N) is 1. The van der Waals surface area contributed by atoms with Crippen molar-refractivity contribution in [1.82, 2.24) is 0 Å². The molecule has 0 amide bonds. The summed E-state index contributed by atoms with van der Waals surface area (Å²) in [6.45, 7) is 1.01. The summed E-state index contributed by atoms with van der Waals surface area (Å²) < 4.78 is 5.01. The Morgan fingerprint density at radius 2 is 2.12 bits per heavy atom. The van der Waals surface area contributed by atoms with Crippen molar-refractivity contribution >= 4 is 5.69 Å². The quantitative estimate of drug-likeness (QED) is 0.803. The van der Waals surface area contributed by atoms with Crippen LogP contribution in [0.15, 0.2) is 47.3 Å². The molecule has 17 heavy (non-hydrogen) atoms. The summed E-state index contributed by atoms with van der Waals surface area (Å²) in [7, 11) is 0. The van der Waals surface area contributed by atoms with Gasteiger partial charge in [0, 0.05) is 24.4 Å². The minimum atomic E-state index is 0.243. The fourth-order valence-electron chi connectivity index (χ4n) is 1.72. The molecule has 0 saturated carbocycles. The van der Waals surface area contributed by atoms with Crippen molar-refractivity contribution in [3.63, 3.8) is 0 Å². The SMILES string of the molecule is OCCCc1cccc(NCc2ccoc2)c1. The van der Waals surface area contributed by atoms with E-state index in [1.807, 2.05) is 18.2 Å². The zero-order chi connectivity index (χ0) is 11.9. The molecule has 0 aliphatic heterocycles. The molecular formula is C14H17NO2. The zero-order valence-electron chi connectivity index (χ0n) is 9.73. The van der Waals surface area contributed by atoms with Crippen LogP contribution >= 0.6 is 0 Å². The second kappa shape index (κ2) is 6.11. The lowest BCUT2D eigenvalue weighted by molar-refractivity contribution is 0.288. The van der Waals surface area contributed by atoms with Gasteiger partial charge in [0.25, 0.3) is 0 Å². The molecule has 1 aromatic carbocycles. The molecule has 0 radical (unpaired) electrons. The first kappa shape index (κ1) is 11.7. The Morgan fingerprint density at radius 1 is 1.18 bits per heavy atom.